The van der Waals surface area contributed by atoms with Gasteiger partial charge in [-0.2, -0.15) is 11.8 Å². The quantitative estimate of drug-likeness (QED) is 0.486. The highest BCUT2D eigenvalue weighted by atomic mass is 35.5. The third-order valence-corrected chi connectivity index (χ3v) is 3.49. The molecule has 0 bridgehead atoms. The van der Waals surface area contributed by atoms with Crippen molar-refractivity contribution < 1.29 is 0 Å². The zero-order valence-electron chi connectivity index (χ0n) is 8.69. The van der Waals surface area contributed by atoms with Crippen LogP contribution in [0.15, 0.2) is 0 Å². The smallest absolute Gasteiger partial charge is 0.0257 e. The van der Waals surface area contributed by atoms with Crippen LogP contribution in [0, 0.1) is 11.3 Å². The number of hydrogen-bond donors (Lipinski definition) is 0. The maximum absolute atomic E-state index is 5.71. The second-order valence-corrected chi connectivity index (χ2v) is 6.10. The van der Waals surface area contributed by atoms with Crippen molar-refractivity contribution in [3.63, 3.8) is 0 Å². The molecule has 0 aromatic heterocycles. The molecule has 0 saturated heterocycles. The van der Waals surface area contributed by atoms with Crippen molar-refractivity contribution >= 4 is 23.4 Å². The van der Waals surface area contributed by atoms with Gasteiger partial charge in [0.05, 0.1) is 0 Å². The van der Waals surface area contributed by atoms with Gasteiger partial charge in [-0.25, -0.2) is 0 Å². The summed E-state index contributed by atoms with van der Waals surface area (Å²) in [5.41, 5.74) is 0.483. The molecule has 1 atom stereocenters. The van der Waals surface area contributed by atoms with Crippen molar-refractivity contribution in [2.24, 2.45) is 11.3 Å². The van der Waals surface area contributed by atoms with Crippen LogP contribution in [-0.2, 0) is 0 Å². The van der Waals surface area contributed by atoms with Crippen molar-refractivity contribution in [2.75, 3.05) is 17.4 Å². The zero-order chi connectivity index (χ0) is 9.61. The summed E-state index contributed by atoms with van der Waals surface area (Å²) in [7, 11) is 0. The van der Waals surface area contributed by atoms with Crippen molar-refractivity contribution in [3.05, 3.63) is 0 Å². The molecular weight excluding hydrogens is 188 g/mol. The van der Waals surface area contributed by atoms with Gasteiger partial charge in [0.2, 0.25) is 0 Å². The highest BCUT2D eigenvalue weighted by Gasteiger charge is 2.09. The zero-order valence-corrected chi connectivity index (χ0v) is 10.3. The fraction of sp³-hybridized carbons (Fsp3) is 1.00. The van der Waals surface area contributed by atoms with Gasteiger partial charge >= 0.3 is 0 Å². The van der Waals surface area contributed by atoms with Crippen LogP contribution in [0.25, 0.3) is 0 Å². The van der Waals surface area contributed by atoms with Crippen LogP contribution in [0.2, 0.25) is 0 Å². The summed E-state index contributed by atoms with van der Waals surface area (Å²) in [6, 6.07) is 0. The SMILES string of the molecule is CC(CCl)CSCCC(C)(C)C. The van der Waals surface area contributed by atoms with Crippen molar-refractivity contribution in [1.82, 2.24) is 0 Å². The summed E-state index contributed by atoms with van der Waals surface area (Å²) < 4.78 is 0. The van der Waals surface area contributed by atoms with E-state index in [2.05, 4.69) is 27.7 Å². The van der Waals surface area contributed by atoms with E-state index in [-0.39, 0.29) is 0 Å². The Bertz CT molecular complexity index is 107. The molecule has 0 aliphatic rings. The van der Waals surface area contributed by atoms with E-state index >= 15 is 0 Å². The Balaban J connectivity index is 3.22. The normalized spacial score (nSPS) is 14.8. The number of rotatable bonds is 5. The summed E-state index contributed by atoms with van der Waals surface area (Å²) >= 11 is 7.74. The molecule has 0 fully saturated rings. The molecule has 12 heavy (non-hydrogen) atoms. The Morgan fingerprint density at radius 1 is 1.33 bits per heavy atom. The summed E-state index contributed by atoms with van der Waals surface area (Å²) in [4.78, 5) is 0. The fourth-order valence-electron chi connectivity index (χ4n) is 0.707. The van der Waals surface area contributed by atoms with Gasteiger partial charge in [-0.05, 0) is 29.3 Å². The van der Waals surface area contributed by atoms with Crippen LogP contribution < -0.4 is 0 Å². The first-order valence-corrected chi connectivity index (χ1v) is 6.28. The van der Waals surface area contributed by atoms with E-state index in [1.165, 1.54) is 17.9 Å². The standard InChI is InChI=1S/C10H21ClS/c1-9(7-11)8-12-6-5-10(2,3)4/h9H,5-8H2,1-4H3. The van der Waals surface area contributed by atoms with Crippen molar-refractivity contribution in [2.45, 2.75) is 34.1 Å². The lowest BCUT2D eigenvalue weighted by Crippen LogP contribution is -2.07. The second kappa shape index (κ2) is 6.15. The third-order valence-electron chi connectivity index (χ3n) is 1.66. The minimum Gasteiger partial charge on any atom is -0.162 e. The Morgan fingerprint density at radius 2 is 1.92 bits per heavy atom. The molecule has 0 rings (SSSR count). The lowest BCUT2D eigenvalue weighted by molar-refractivity contribution is 0.401. The molecule has 0 N–H and O–H groups in total. The van der Waals surface area contributed by atoms with Gasteiger partial charge in [-0.15, -0.1) is 11.6 Å². The highest BCUT2D eigenvalue weighted by molar-refractivity contribution is 7.99. The largest absolute Gasteiger partial charge is 0.162 e. The van der Waals surface area contributed by atoms with Gasteiger partial charge in [0.15, 0.2) is 0 Å². The molecule has 0 aromatic rings. The van der Waals surface area contributed by atoms with E-state index < -0.39 is 0 Å². The van der Waals surface area contributed by atoms with Gasteiger partial charge in [0.1, 0.15) is 0 Å². The third kappa shape index (κ3) is 8.73. The van der Waals surface area contributed by atoms with Gasteiger partial charge in [-0.3, -0.25) is 0 Å². The molecule has 0 heterocycles. The Hall–Kier alpha value is 0.640. The topological polar surface area (TPSA) is 0 Å². The maximum atomic E-state index is 5.71. The molecule has 0 nitrogen and oxygen atoms in total. The lowest BCUT2D eigenvalue weighted by Gasteiger charge is -2.17. The van der Waals surface area contributed by atoms with E-state index in [9.17, 15) is 0 Å². The van der Waals surface area contributed by atoms with Crippen LogP contribution in [-0.4, -0.2) is 17.4 Å². The van der Waals surface area contributed by atoms with E-state index in [0.717, 1.165) is 5.88 Å². The van der Waals surface area contributed by atoms with Crippen LogP contribution in [0.4, 0.5) is 0 Å². The molecule has 0 radical (unpaired) electrons. The van der Waals surface area contributed by atoms with Crippen LogP contribution in [0.1, 0.15) is 34.1 Å². The Morgan fingerprint density at radius 3 is 2.33 bits per heavy atom. The van der Waals surface area contributed by atoms with Gasteiger partial charge in [0, 0.05) is 5.88 Å². The summed E-state index contributed by atoms with van der Waals surface area (Å²) in [6.45, 7) is 9.08. The van der Waals surface area contributed by atoms with E-state index in [1.807, 2.05) is 11.8 Å². The average Bonchev–Trinajstić information content (AvgIpc) is 1.96. The highest BCUT2D eigenvalue weighted by Crippen LogP contribution is 2.22. The molecule has 0 saturated carbocycles. The molecule has 0 aliphatic heterocycles. The minimum atomic E-state index is 0.483. The summed E-state index contributed by atoms with van der Waals surface area (Å²) in [5, 5.41) is 0. The van der Waals surface area contributed by atoms with E-state index in [1.54, 1.807) is 0 Å². The number of hydrogen-bond acceptors (Lipinski definition) is 1. The minimum absolute atomic E-state index is 0.483. The number of alkyl halides is 1. The molecule has 1 unspecified atom stereocenters. The Kier molecular flexibility index (Phi) is 6.48. The summed E-state index contributed by atoms with van der Waals surface area (Å²) in [5.74, 6) is 3.93. The molecular formula is C10H21ClS. The number of halogens is 1. The van der Waals surface area contributed by atoms with E-state index in [4.69, 9.17) is 11.6 Å². The van der Waals surface area contributed by atoms with E-state index in [0.29, 0.717) is 11.3 Å². The van der Waals surface area contributed by atoms with Gasteiger partial charge in [-0.1, -0.05) is 27.7 Å². The molecule has 0 amide bonds. The molecule has 0 spiro atoms. The molecule has 0 aromatic carbocycles. The van der Waals surface area contributed by atoms with Crippen molar-refractivity contribution in [1.29, 1.82) is 0 Å². The maximum Gasteiger partial charge on any atom is 0.0257 e. The first-order valence-electron chi connectivity index (χ1n) is 4.59. The first-order chi connectivity index (χ1) is 5.45. The Labute approximate surface area is 86.5 Å². The van der Waals surface area contributed by atoms with Crippen molar-refractivity contribution in [3.8, 4) is 0 Å². The second-order valence-electron chi connectivity index (χ2n) is 4.65. The predicted octanol–water partition coefficient (Wildman–Crippen LogP) is 4.03. The van der Waals surface area contributed by atoms with Gasteiger partial charge < -0.3 is 0 Å². The predicted molar refractivity (Wildman–Crippen MR) is 61.3 cm³/mol. The molecule has 0 aliphatic carbocycles. The van der Waals surface area contributed by atoms with Crippen LogP contribution in [0.5, 0.6) is 0 Å². The molecule has 2 heteroatoms. The van der Waals surface area contributed by atoms with Crippen LogP contribution in [0.3, 0.4) is 0 Å². The van der Waals surface area contributed by atoms with Crippen LogP contribution >= 0.6 is 23.4 Å². The average molecular weight is 209 g/mol. The lowest BCUT2D eigenvalue weighted by atomic mass is 9.94. The van der Waals surface area contributed by atoms with Gasteiger partial charge in [0.25, 0.3) is 0 Å². The summed E-state index contributed by atoms with van der Waals surface area (Å²) in [6.07, 6.45) is 1.30. The number of thioether (sulfide) groups is 1. The first kappa shape index (κ1) is 12.6. The monoisotopic (exact) mass is 208 g/mol. The molecule has 74 valence electrons. The fourth-order valence-corrected chi connectivity index (χ4v) is 2.39.